The zero-order valence-electron chi connectivity index (χ0n) is 11.4. The lowest BCUT2D eigenvalue weighted by atomic mass is 10.1. The van der Waals surface area contributed by atoms with Gasteiger partial charge >= 0.3 is 0 Å². The van der Waals surface area contributed by atoms with Gasteiger partial charge in [0.25, 0.3) is 0 Å². The minimum absolute atomic E-state index is 0.407. The molecule has 0 spiro atoms. The van der Waals surface area contributed by atoms with Gasteiger partial charge in [0.05, 0.1) is 6.10 Å². The third-order valence-electron chi connectivity index (χ3n) is 3.42. The monoisotopic (exact) mass is 249 g/mol. The van der Waals surface area contributed by atoms with Crippen LogP contribution in [0.1, 0.15) is 37.6 Å². The highest BCUT2D eigenvalue weighted by Crippen LogP contribution is 2.14. The quantitative estimate of drug-likeness (QED) is 0.801. The molecule has 0 saturated carbocycles. The topological polar surface area (TPSA) is 38.2 Å². The molecule has 1 saturated heterocycles. The second kappa shape index (κ2) is 6.81. The molecular weight excluding hydrogens is 226 g/mol. The van der Waals surface area contributed by atoms with Gasteiger partial charge < -0.3 is 4.74 Å². The third kappa shape index (κ3) is 4.03. The van der Waals surface area contributed by atoms with E-state index in [4.69, 9.17) is 4.74 Å². The molecule has 1 fully saturated rings. The molecule has 0 aromatic carbocycles. The second-order valence-electron chi connectivity index (χ2n) is 4.95. The average Bonchev–Trinajstić information content (AvgIpc) is 2.41. The van der Waals surface area contributed by atoms with Gasteiger partial charge in [-0.25, -0.2) is 9.97 Å². The minimum atomic E-state index is 0.407. The zero-order valence-corrected chi connectivity index (χ0v) is 11.4. The van der Waals surface area contributed by atoms with E-state index >= 15 is 0 Å². The molecule has 100 valence electrons. The molecule has 4 nitrogen and oxygen atoms in total. The summed E-state index contributed by atoms with van der Waals surface area (Å²) in [6.45, 7) is 8.00. The summed E-state index contributed by atoms with van der Waals surface area (Å²) in [5.41, 5.74) is 1.18. The minimum Gasteiger partial charge on any atom is -0.377 e. The number of aryl methyl sites for hydroxylation is 1. The Hall–Kier alpha value is -1.00. The maximum atomic E-state index is 5.79. The number of hydrogen-bond donors (Lipinski definition) is 0. The van der Waals surface area contributed by atoms with Crippen LogP contribution >= 0.6 is 0 Å². The van der Waals surface area contributed by atoms with Crippen LogP contribution in [0.5, 0.6) is 0 Å². The predicted molar refractivity (Wildman–Crippen MR) is 71.3 cm³/mol. The van der Waals surface area contributed by atoms with Crippen LogP contribution in [0.4, 0.5) is 0 Å². The fraction of sp³-hybridized carbons (Fsp3) is 0.714. The maximum absolute atomic E-state index is 5.79. The van der Waals surface area contributed by atoms with Crippen molar-refractivity contribution in [2.75, 3.05) is 19.7 Å². The van der Waals surface area contributed by atoms with E-state index in [9.17, 15) is 0 Å². The van der Waals surface area contributed by atoms with Crippen molar-refractivity contribution in [3.8, 4) is 0 Å². The highest BCUT2D eigenvalue weighted by atomic mass is 16.5. The summed E-state index contributed by atoms with van der Waals surface area (Å²) < 4.78 is 5.79. The van der Waals surface area contributed by atoms with E-state index in [1.807, 2.05) is 19.3 Å². The lowest BCUT2D eigenvalue weighted by Gasteiger charge is -2.29. The number of aromatic nitrogens is 2. The lowest BCUT2D eigenvalue weighted by Crippen LogP contribution is -2.35. The smallest absolute Gasteiger partial charge is 0.125 e. The van der Waals surface area contributed by atoms with Crippen LogP contribution in [0.2, 0.25) is 0 Å². The molecule has 0 bridgehead atoms. The Kier molecular flexibility index (Phi) is 5.08. The number of rotatable bonds is 5. The molecule has 4 heteroatoms. The first kappa shape index (κ1) is 13.4. The van der Waals surface area contributed by atoms with Crippen molar-refractivity contribution < 1.29 is 4.74 Å². The maximum Gasteiger partial charge on any atom is 0.125 e. The van der Waals surface area contributed by atoms with Crippen molar-refractivity contribution in [3.63, 3.8) is 0 Å². The van der Waals surface area contributed by atoms with Gasteiger partial charge in [-0.3, -0.25) is 4.90 Å². The molecule has 18 heavy (non-hydrogen) atoms. The summed E-state index contributed by atoms with van der Waals surface area (Å²) in [5.74, 6) is 0.831. The van der Waals surface area contributed by atoms with E-state index in [0.717, 1.165) is 32.1 Å². The third-order valence-corrected chi connectivity index (χ3v) is 3.42. The van der Waals surface area contributed by atoms with Crippen LogP contribution in [-0.4, -0.2) is 40.7 Å². The van der Waals surface area contributed by atoms with Crippen LogP contribution in [0.15, 0.2) is 12.4 Å². The van der Waals surface area contributed by atoms with Crippen molar-refractivity contribution >= 4 is 0 Å². The first-order chi connectivity index (χ1) is 8.78. The number of ether oxygens (including phenoxy) is 1. The zero-order chi connectivity index (χ0) is 12.8. The van der Waals surface area contributed by atoms with Crippen LogP contribution < -0.4 is 0 Å². The molecule has 0 amide bonds. The van der Waals surface area contributed by atoms with Gasteiger partial charge in [0.2, 0.25) is 0 Å². The Morgan fingerprint density at radius 3 is 2.72 bits per heavy atom. The molecule has 1 unspecified atom stereocenters. The normalized spacial score (nSPS) is 20.3. The van der Waals surface area contributed by atoms with Crippen molar-refractivity contribution in [2.24, 2.45) is 0 Å². The Morgan fingerprint density at radius 1 is 1.33 bits per heavy atom. The Morgan fingerprint density at radius 2 is 2.11 bits per heavy atom. The molecule has 1 aliphatic heterocycles. The molecule has 0 radical (unpaired) electrons. The number of hydrogen-bond acceptors (Lipinski definition) is 4. The molecule has 1 aliphatic rings. The van der Waals surface area contributed by atoms with E-state index in [2.05, 4.69) is 21.8 Å². The molecular formula is C14H23N3O. The summed E-state index contributed by atoms with van der Waals surface area (Å²) in [7, 11) is 0. The Balaban J connectivity index is 1.86. The summed E-state index contributed by atoms with van der Waals surface area (Å²) in [6.07, 6.45) is 7.97. The van der Waals surface area contributed by atoms with Gasteiger partial charge in [0, 0.05) is 37.7 Å². The van der Waals surface area contributed by atoms with E-state index in [1.165, 1.54) is 24.8 Å². The van der Waals surface area contributed by atoms with Crippen molar-refractivity contribution in [1.82, 2.24) is 14.9 Å². The number of nitrogens with zero attached hydrogens (tertiary/aromatic N) is 3. The van der Waals surface area contributed by atoms with Crippen LogP contribution in [-0.2, 0) is 11.3 Å². The summed E-state index contributed by atoms with van der Waals surface area (Å²) in [4.78, 5) is 10.9. The van der Waals surface area contributed by atoms with Gasteiger partial charge in [-0.1, -0.05) is 6.92 Å². The van der Waals surface area contributed by atoms with E-state index < -0.39 is 0 Å². The SMILES string of the molecule is CCN(Cc1cnc(C)nc1)CC1CCCCO1. The fourth-order valence-electron chi connectivity index (χ4n) is 2.30. The highest BCUT2D eigenvalue weighted by Gasteiger charge is 2.17. The van der Waals surface area contributed by atoms with Gasteiger partial charge in [0.1, 0.15) is 5.82 Å². The van der Waals surface area contributed by atoms with Gasteiger partial charge in [0.15, 0.2) is 0 Å². The highest BCUT2D eigenvalue weighted by molar-refractivity contribution is 5.04. The molecule has 0 N–H and O–H groups in total. The van der Waals surface area contributed by atoms with Crippen LogP contribution in [0.25, 0.3) is 0 Å². The van der Waals surface area contributed by atoms with Gasteiger partial charge in [-0.05, 0) is 32.7 Å². The first-order valence-electron chi connectivity index (χ1n) is 6.89. The molecule has 1 aromatic heterocycles. The Bertz CT molecular complexity index is 347. The first-order valence-corrected chi connectivity index (χ1v) is 6.89. The summed E-state index contributed by atoms with van der Waals surface area (Å²) >= 11 is 0. The average molecular weight is 249 g/mol. The van der Waals surface area contributed by atoms with Gasteiger partial charge in [-0.2, -0.15) is 0 Å². The number of likely N-dealkylation sites (N-methyl/N-ethyl adjacent to an activating group) is 1. The van der Waals surface area contributed by atoms with E-state index in [1.54, 1.807) is 0 Å². The van der Waals surface area contributed by atoms with Crippen molar-refractivity contribution in [3.05, 3.63) is 23.8 Å². The second-order valence-corrected chi connectivity index (χ2v) is 4.95. The van der Waals surface area contributed by atoms with Crippen molar-refractivity contribution in [1.29, 1.82) is 0 Å². The summed E-state index contributed by atoms with van der Waals surface area (Å²) in [5, 5.41) is 0. The fourth-order valence-corrected chi connectivity index (χ4v) is 2.30. The van der Waals surface area contributed by atoms with Crippen molar-refractivity contribution in [2.45, 2.75) is 45.8 Å². The van der Waals surface area contributed by atoms with E-state index in [0.29, 0.717) is 6.10 Å². The molecule has 0 aliphatic carbocycles. The lowest BCUT2D eigenvalue weighted by molar-refractivity contribution is -0.00626. The molecule has 2 heterocycles. The summed E-state index contributed by atoms with van der Waals surface area (Å²) in [6, 6.07) is 0. The van der Waals surface area contributed by atoms with Gasteiger partial charge in [-0.15, -0.1) is 0 Å². The molecule has 1 atom stereocenters. The predicted octanol–water partition coefficient (Wildman–Crippen LogP) is 2.18. The standard InChI is InChI=1S/C14H23N3O/c1-3-17(11-14-6-4-5-7-18-14)10-13-8-15-12(2)16-9-13/h8-9,14H,3-7,10-11H2,1-2H3. The molecule has 2 rings (SSSR count). The van der Waals surface area contributed by atoms with Crippen LogP contribution in [0.3, 0.4) is 0 Å². The van der Waals surface area contributed by atoms with Crippen LogP contribution in [0, 0.1) is 6.92 Å². The largest absolute Gasteiger partial charge is 0.377 e. The Labute approximate surface area is 109 Å². The van der Waals surface area contributed by atoms with E-state index in [-0.39, 0.29) is 0 Å². The molecule has 1 aromatic rings.